The Labute approximate surface area is 232 Å². The number of carbonyl (C=O) groups is 4. The number of phenolic OH excluding ortho intramolecular Hbond substituents is 1. The van der Waals surface area contributed by atoms with Crippen LogP contribution in [0.3, 0.4) is 0 Å². The topological polar surface area (TPSA) is 190 Å². The highest BCUT2D eigenvalue weighted by Crippen LogP contribution is 2.52. The van der Waals surface area contributed by atoms with Crippen LogP contribution in [0.25, 0.3) is 0 Å². The van der Waals surface area contributed by atoms with Crippen molar-refractivity contribution in [3.05, 3.63) is 51.0 Å². The van der Waals surface area contributed by atoms with E-state index in [1.807, 2.05) is 20.8 Å². The summed E-state index contributed by atoms with van der Waals surface area (Å²) in [6, 6.07) is 0.482. The molecule has 0 unspecified atom stereocenters. The van der Waals surface area contributed by atoms with Crippen molar-refractivity contribution in [1.82, 2.24) is 10.2 Å². The molecule has 11 heteroatoms. The van der Waals surface area contributed by atoms with Crippen LogP contribution in [0.4, 0.5) is 0 Å². The number of fused-ring (bicyclic) bond motifs is 3. The molecule has 216 valence electrons. The average molecular weight is 556 g/mol. The van der Waals surface area contributed by atoms with Crippen LogP contribution >= 0.6 is 0 Å². The van der Waals surface area contributed by atoms with Crippen molar-refractivity contribution in [1.29, 1.82) is 0 Å². The molecular formula is C29H37N3O8. The summed E-state index contributed by atoms with van der Waals surface area (Å²) in [5, 5.41) is 48.4. The number of hydrogen-bond donors (Lipinski definition) is 6. The molecule has 3 aliphatic rings. The van der Waals surface area contributed by atoms with Gasteiger partial charge in [0.05, 0.1) is 11.6 Å². The fourth-order valence-electron chi connectivity index (χ4n) is 6.40. The highest BCUT2D eigenvalue weighted by atomic mass is 16.3. The molecule has 4 atom stereocenters. The Morgan fingerprint density at radius 3 is 2.33 bits per heavy atom. The summed E-state index contributed by atoms with van der Waals surface area (Å²) < 4.78 is 0. The maximum atomic E-state index is 14.0. The number of phenols is 1. The SMILES string of the molecule is CC(=O)c1cc(CNCC(C)(C)C)c(O)c2c1C[C@H]1C[C@H]3[C@H](N(C)C)C(O)=C(C(N)=O)C(=O)[C@@]3(O)C(O)=C1C2=O. The Balaban J connectivity index is 1.90. The molecule has 0 saturated carbocycles. The zero-order valence-electron chi connectivity index (χ0n) is 23.6. The van der Waals surface area contributed by atoms with Gasteiger partial charge in [-0.15, -0.1) is 0 Å². The number of Topliss-reactive ketones (excluding diaryl/α,β-unsaturated/α-hetero) is 3. The molecule has 1 aromatic rings. The van der Waals surface area contributed by atoms with Gasteiger partial charge in [0.15, 0.2) is 17.2 Å². The van der Waals surface area contributed by atoms with Crippen molar-refractivity contribution in [2.24, 2.45) is 23.0 Å². The van der Waals surface area contributed by atoms with Crippen LogP contribution in [-0.2, 0) is 22.6 Å². The van der Waals surface area contributed by atoms with Crippen molar-refractivity contribution in [2.75, 3.05) is 20.6 Å². The molecule has 3 aliphatic carbocycles. The third-order valence-corrected chi connectivity index (χ3v) is 8.15. The van der Waals surface area contributed by atoms with E-state index in [1.165, 1.54) is 11.8 Å². The number of amides is 1. The number of benzene rings is 1. The Morgan fingerprint density at radius 2 is 1.80 bits per heavy atom. The molecule has 0 spiro atoms. The van der Waals surface area contributed by atoms with Crippen molar-refractivity contribution in [3.8, 4) is 5.75 Å². The Bertz CT molecular complexity index is 1400. The lowest BCUT2D eigenvalue weighted by molar-refractivity contribution is -0.148. The summed E-state index contributed by atoms with van der Waals surface area (Å²) in [5.74, 6) is -7.50. The van der Waals surface area contributed by atoms with Gasteiger partial charge in [-0.25, -0.2) is 0 Å². The minimum absolute atomic E-state index is 0.0429. The normalized spacial score (nSPS) is 26.6. The van der Waals surface area contributed by atoms with Crippen molar-refractivity contribution < 1.29 is 39.6 Å². The van der Waals surface area contributed by atoms with Gasteiger partial charge in [-0.2, -0.15) is 0 Å². The van der Waals surface area contributed by atoms with Gasteiger partial charge in [-0.3, -0.25) is 24.1 Å². The Hall–Kier alpha value is -3.54. The van der Waals surface area contributed by atoms with Gasteiger partial charge in [-0.1, -0.05) is 20.8 Å². The highest BCUT2D eigenvalue weighted by Gasteiger charge is 2.63. The second kappa shape index (κ2) is 9.83. The molecule has 1 amide bonds. The predicted molar refractivity (Wildman–Crippen MR) is 145 cm³/mol. The number of nitrogens with two attached hydrogens (primary N) is 1. The number of aromatic hydroxyl groups is 1. The number of nitrogens with zero attached hydrogens (tertiary/aromatic N) is 1. The van der Waals surface area contributed by atoms with Gasteiger partial charge >= 0.3 is 0 Å². The second-order valence-electron chi connectivity index (χ2n) is 12.5. The van der Waals surface area contributed by atoms with Gasteiger partial charge in [0.1, 0.15) is 22.8 Å². The Kier molecular flexibility index (Phi) is 7.23. The van der Waals surface area contributed by atoms with Crippen LogP contribution in [0.15, 0.2) is 28.7 Å². The van der Waals surface area contributed by atoms with Gasteiger partial charge in [0, 0.05) is 35.7 Å². The van der Waals surface area contributed by atoms with Crippen LogP contribution in [0.2, 0.25) is 0 Å². The van der Waals surface area contributed by atoms with Crippen LogP contribution in [0.5, 0.6) is 5.75 Å². The van der Waals surface area contributed by atoms with Crippen molar-refractivity contribution in [2.45, 2.75) is 58.7 Å². The molecule has 0 fully saturated rings. The molecular weight excluding hydrogens is 518 g/mol. The number of nitrogens with one attached hydrogen (secondary N) is 1. The lowest BCUT2D eigenvalue weighted by Gasteiger charge is -2.50. The standard InChI is InChI=1S/C29H37N3O8/c1-12(33)15-8-14(10-31-11-28(2,3)4)22(34)19-16(15)7-13-9-17-21(32(5)6)24(36)20(27(30)39)26(38)29(17,40)25(37)18(13)23(19)35/h8,13,17,21,31,34,36-37,40H,7,9-11H2,1-6H3,(H2,30,39)/t13-,17-,21-,29-/m0/s1. The summed E-state index contributed by atoms with van der Waals surface area (Å²) >= 11 is 0. The Morgan fingerprint density at radius 1 is 1.18 bits per heavy atom. The number of hydrogen-bond acceptors (Lipinski definition) is 10. The molecule has 7 N–H and O–H groups in total. The second-order valence-corrected chi connectivity index (χ2v) is 12.5. The first-order valence-electron chi connectivity index (χ1n) is 13.2. The van der Waals surface area contributed by atoms with Crippen LogP contribution in [-0.4, -0.2) is 80.9 Å². The summed E-state index contributed by atoms with van der Waals surface area (Å²) in [6.07, 6.45) is 0.0193. The minimum Gasteiger partial charge on any atom is -0.510 e. The number of likely N-dealkylation sites (N-methyl/N-ethyl adjacent to an activating group) is 1. The third kappa shape index (κ3) is 4.42. The number of aliphatic hydroxyl groups excluding tert-OH is 2. The first-order chi connectivity index (χ1) is 18.4. The molecule has 0 aliphatic heterocycles. The third-order valence-electron chi connectivity index (χ3n) is 8.15. The monoisotopic (exact) mass is 555 g/mol. The summed E-state index contributed by atoms with van der Waals surface area (Å²) in [7, 11) is 3.13. The van der Waals surface area contributed by atoms with Crippen LogP contribution < -0.4 is 11.1 Å². The van der Waals surface area contributed by atoms with Gasteiger partial charge in [0.25, 0.3) is 5.91 Å². The van der Waals surface area contributed by atoms with Crippen LogP contribution in [0.1, 0.15) is 66.0 Å². The molecule has 4 rings (SSSR count). The molecule has 0 heterocycles. The minimum atomic E-state index is -2.71. The van der Waals surface area contributed by atoms with Gasteiger partial charge < -0.3 is 31.5 Å². The van der Waals surface area contributed by atoms with E-state index in [9.17, 15) is 39.6 Å². The maximum Gasteiger partial charge on any atom is 0.255 e. The van der Waals surface area contributed by atoms with Crippen molar-refractivity contribution >= 4 is 23.3 Å². The lowest BCUT2D eigenvalue weighted by atomic mass is 9.58. The van der Waals surface area contributed by atoms with E-state index >= 15 is 0 Å². The van der Waals surface area contributed by atoms with E-state index in [0.717, 1.165) is 0 Å². The molecule has 0 bridgehead atoms. The zero-order valence-corrected chi connectivity index (χ0v) is 23.6. The largest absolute Gasteiger partial charge is 0.510 e. The summed E-state index contributed by atoms with van der Waals surface area (Å²) in [6.45, 7) is 8.20. The van der Waals surface area contributed by atoms with E-state index in [-0.39, 0.29) is 53.0 Å². The maximum absolute atomic E-state index is 14.0. The molecule has 0 aromatic heterocycles. The van der Waals surface area contributed by atoms with E-state index in [2.05, 4.69) is 5.32 Å². The smallest absolute Gasteiger partial charge is 0.255 e. The lowest BCUT2D eigenvalue weighted by Crippen LogP contribution is -2.63. The summed E-state index contributed by atoms with van der Waals surface area (Å²) in [5.41, 5.74) is 2.20. The summed E-state index contributed by atoms with van der Waals surface area (Å²) in [4.78, 5) is 53.7. The van der Waals surface area contributed by atoms with E-state index < -0.39 is 58.0 Å². The van der Waals surface area contributed by atoms with Crippen LogP contribution in [0, 0.1) is 17.3 Å². The molecule has 1 aromatic carbocycles. The van der Waals surface area contributed by atoms with Gasteiger partial charge in [0.2, 0.25) is 5.78 Å². The average Bonchev–Trinajstić information content (AvgIpc) is 2.81. The number of ketones is 3. The van der Waals surface area contributed by atoms with Crippen molar-refractivity contribution in [3.63, 3.8) is 0 Å². The first kappa shape index (κ1) is 29.4. The number of carbonyl (C=O) groups excluding carboxylic acids is 4. The van der Waals surface area contributed by atoms with E-state index in [4.69, 9.17) is 5.73 Å². The molecule has 0 saturated heterocycles. The number of primary amides is 1. The quantitative estimate of drug-likeness (QED) is 0.221. The fraction of sp³-hybridized carbons (Fsp3) is 0.517. The fourth-order valence-corrected chi connectivity index (χ4v) is 6.40. The zero-order chi connectivity index (χ0) is 30.1. The molecule has 40 heavy (non-hydrogen) atoms. The van der Waals surface area contributed by atoms with E-state index in [1.54, 1.807) is 20.2 Å². The highest BCUT2D eigenvalue weighted by molar-refractivity contribution is 6.25. The number of aliphatic hydroxyl groups is 3. The number of allylic oxidation sites excluding steroid dienone is 1. The van der Waals surface area contributed by atoms with E-state index in [0.29, 0.717) is 17.7 Å². The first-order valence-corrected chi connectivity index (χ1v) is 13.2. The molecule has 0 radical (unpaired) electrons. The predicted octanol–water partition coefficient (Wildman–Crippen LogP) is 1.46. The van der Waals surface area contributed by atoms with Gasteiger partial charge in [-0.05, 0) is 56.8 Å². The molecule has 11 nitrogen and oxygen atoms in total. The number of rotatable bonds is 6.